The lowest BCUT2D eigenvalue weighted by atomic mass is 9.87. The number of aliphatic hydroxyl groups excluding tert-OH is 1. The summed E-state index contributed by atoms with van der Waals surface area (Å²) < 4.78 is 73.2. The summed E-state index contributed by atoms with van der Waals surface area (Å²) in [6.07, 6.45) is 0.842. The third kappa shape index (κ3) is 5.64. The highest BCUT2D eigenvalue weighted by molar-refractivity contribution is 5.88. The van der Waals surface area contributed by atoms with E-state index in [0.29, 0.717) is 44.7 Å². The number of likely N-dealkylation sites (tertiary alicyclic amines) is 1. The van der Waals surface area contributed by atoms with E-state index in [1.54, 1.807) is 6.92 Å². The van der Waals surface area contributed by atoms with E-state index in [4.69, 9.17) is 0 Å². The van der Waals surface area contributed by atoms with Crippen LogP contribution in [0.15, 0.2) is 30.3 Å². The first-order valence-electron chi connectivity index (χ1n) is 13.8. The van der Waals surface area contributed by atoms with E-state index in [9.17, 15) is 18.3 Å². The average molecular weight is 566 g/mol. The molecule has 1 saturated heterocycles. The molecule has 2 aliphatic rings. The fourth-order valence-electron chi connectivity index (χ4n) is 6.03. The minimum atomic E-state index is -3.46. The van der Waals surface area contributed by atoms with Gasteiger partial charge in [-0.2, -0.15) is 0 Å². The number of halogens is 5. The summed E-state index contributed by atoms with van der Waals surface area (Å²) in [6, 6.07) is 6.47. The van der Waals surface area contributed by atoms with E-state index >= 15 is 8.78 Å². The van der Waals surface area contributed by atoms with Gasteiger partial charge in [0.05, 0.1) is 25.3 Å². The zero-order valence-corrected chi connectivity index (χ0v) is 22.7. The Bertz CT molecular complexity index is 1320. The van der Waals surface area contributed by atoms with Crippen LogP contribution in [0.5, 0.6) is 0 Å². The van der Waals surface area contributed by atoms with E-state index in [1.807, 2.05) is 25.1 Å². The highest BCUT2D eigenvalue weighted by atomic mass is 19.3. The number of nitrogens with zero attached hydrogens (tertiary/aromatic N) is 2. The second-order valence-corrected chi connectivity index (χ2v) is 10.9. The Labute approximate surface area is 230 Å². The van der Waals surface area contributed by atoms with Crippen molar-refractivity contribution in [3.63, 3.8) is 0 Å². The second kappa shape index (κ2) is 11.5. The summed E-state index contributed by atoms with van der Waals surface area (Å²) in [4.78, 5) is 6.70. The van der Waals surface area contributed by atoms with Crippen molar-refractivity contribution in [2.24, 2.45) is 0 Å². The maximum absolute atomic E-state index is 15.8. The van der Waals surface area contributed by atoms with Crippen molar-refractivity contribution in [3.8, 4) is 0 Å². The van der Waals surface area contributed by atoms with Crippen LogP contribution in [0.2, 0.25) is 0 Å². The summed E-state index contributed by atoms with van der Waals surface area (Å²) in [5.74, 6) is -5.14. The Morgan fingerprint density at radius 3 is 2.48 bits per heavy atom. The maximum Gasteiger partial charge on any atom is 0.283 e. The molecule has 1 fully saturated rings. The van der Waals surface area contributed by atoms with Crippen molar-refractivity contribution >= 4 is 22.3 Å². The first-order chi connectivity index (χ1) is 19.1. The highest BCUT2D eigenvalue weighted by Gasteiger charge is 2.43. The van der Waals surface area contributed by atoms with Gasteiger partial charge >= 0.3 is 0 Å². The van der Waals surface area contributed by atoms with Crippen molar-refractivity contribution in [2.75, 3.05) is 56.6 Å². The molecular formula is C29H36F5N5O. The van der Waals surface area contributed by atoms with Gasteiger partial charge in [0, 0.05) is 65.8 Å². The molecule has 2 aromatic carbocycles. The fraction of sp³-hybridized carbons (Fsp3) is 0.517. The fourth-order valence-corrected chi connectivity index (χ4v) is 6.03. The van der Waals surface area contributed by atoms with Crippen molar-refractivity contribution in [2.45, 2.75) is 50.7 Å². The number of aliphatic hydroxyl groups is 1. The number of fused-ring (bicyclic) bond motifs is 3. The highest BCUT2D eigenvalue weighted by Crippen LogP contribution is 2.44. The van der Waals surface area contributed by atoms with Crippen LogP contribution < -0.4 is 10.6 Å². The average Bonchev–Trinajstić information content (AvgIpc) is 3.24. The minimum Gasteiger partial charge on any atom is -0.390 e. The van der Waals surface area contributed by atoms with Gasteiger partial charge in [0.1, 0.15) is 18.2 Å². The third-order valence-electron chi connectivity index (χ3n) is 7.92. The number of hydrogen-bond donors (Lipinski definition) is 4. The van der Waals surface area contributed by atoms with E-state index in [-0.39, 0.29) is 24.0 Å². The molecule has 0 saturated carbocycles. The Morgan fingerprint density at radius 1 is 1.10 bits per heavy atom. The van der Waals surface area contributed by atoms with Gasteiger partial charge in [0.25, 0.3) is 5.92 Å². The topological polar surface area (TPSA) is 66.6 Å². The predicted molar refractivity (Wildman–Crippen MR) is 147 cm³/mol. The van der Waals surface area contributed by atoms with Gasteiger partial charge in [-0.05, 0) is 62.6 Å². The largest absolute Gasteiger partial charge is 0.390 e. The summed E-state index contributed by atoms with van der Waals surface area (Å²) in [6.45, 7) is 3.75. The smallest absolute Gasteiger partial charge is 0.283 e. The Balaban J connectivity index is 1.52. The number of anilines is 2. The van der Waals surface area contributed by atoms with Gasteiger partial charge < -0.3 is 20.7 Å². The third-order valence-corrected chi connectivity index (χ3v) is 7.92. The molecule has 218 valence electrons. The number of alkyl halides is 3. The lowest BCUT2D eigenvalue weighted by Crippen LogP contribution is -2.54. The van der Waals surface area contributed by atoms with E-state index in [0.717, 1.165) is 22.2 Å². The number of rotatable bonds is 11. The first kappa shape index (κ1) is 28.6. The summed E-state index contributed by atoms with van der Waals surface area (Å²) in [7, 11) is 0. The van der Waals surface area contributed by atoms with E-state index in [1.165, 1.54) is 17.0 Å². The number of aromatic nitrogens is 1. The maximum atomic E-state index is 15.8. The van der Waals surface area contributed by atoms with Crippen molar-refractivity contribution < 1.29 is 27.1 Å². The summed E-state index contributed by atoms with van der Waals surface area (Å²) in [5.41, 5.74) is 2.89. The number of nitrogens with one attached hydrogen (secondary N) is 3. The second-order valence-electron chi connectivity index (χ2n) is 10.9. The monoisotopic (exact) mass is 565 g/mol. The predicted octanol–water partition coefficient (Wildman–Crippen LogP) is 5.30. The van der Waals surface area contributed by atoms with Gasteiger partial charge in [0.15, 0.2) is 0 Å². The molecule has 4 N–H and O–H groups in total. The van der Waals surface area contributed by atoms with Crippen LogP contribution >= 0.6 is 0 Å². The molecule has 2 atom stereocenters. The van der Waals surface area contributed by atoms with Crippen LogP contribution in [-0.4, -0.2) is 83.9 Å². The molecule has 0 spiro atoms. The van der Waals surface area contributed by atoms with E-state index < -0.39 is 42.8 Å². The van der Waals surface area contributed by atoms with Gasteiger partial charge in [-0.25, -0.2) is 17.6 Å². The van der Waals surface area contributed by atoms with Gasteiger partial charge in [0.2, 0.25) is 0 Å². The van der Waals surface area contributed by atoms with Gasteiger partial charge in [-0.1, -0.05) is 0 Å². The standard InChI is InChI=1S/C29H36F5N5O/c1-3-35-18-5-6-25-21(10-18)22-9-17(2)39(15-29(33,34)16-40)28(27(22)37-25)26-23(31)11-19(12-24(26)32)36-20-13-38(14-20)8-4-7-30/h5-6,10-12,17,20,28,35-37,40H,3-4,7-9,13-16H2,1-2H3. The van der Waals surface area contributed by atoms with Gasteiger partial charge in [-0.3, -0.25) is 14.2 Å². The molecule has 1 aromatic heterocycles. The summed E-state index contributed by atoms with van der Waals surface area (Å²) in [5, 5.41) is 16.6. The van der Waals surface area contributed by atoms with E-state index in [2.05, 4.69) is 20.5 Å². The van der Waals surface area contributed by atoms with Crippen molar-refractivity contribution in [1.82, 2.24) is 14.8 Å². The molecule has 3 heterocycles. The summed E-state index contributed by atoms with van der Waals surface area (Å²) >= 11 is 0. The minimum absolute atomic E-state index is 0.0232. The molecular weight excluding hydrogens is 529 g/mol. The lowest BCUT2D eigenvalue weighted by Gasteiger charge is -2.42. The normalized spacial score (nSPS) is 20.5. The van der Waals surface area contributed by atoms with Crippen LogP contribution in [0, 0.1) is 11.6 Å². The molecule has 2 aliphatic heterocycles. The molecule has 0 radical (unpaired) electrons. The Hall–Kier alpha value is -2.89. The SMILES string of the molecule is CCNc1ccc2[nH]c3c(c2c1)CC(C)N(CC(F)(F)CO)C3c1c(F)cc(NC2CN(CCCF)C2)cc1F. The Kier molecular flexibility index (Phi) is 8.26. The quantitative estimate of drug-likeness (QED) is 0.238. The molecule has 0 bridgehead atoms. The Morgan fingerprint density at radius 2 is 1.82 bits per heavy atom. The molecule has 0 aliphatic carbocycles. The van der Waals surface area contributed by atoms with Crippen LogP contribution in [0.4, 0.5) is 33.3 Å². The van der Waals surface area contributed by atoms with Crippen molar-refractivity contribution in [1.29, 1.82) is 0 Å². The van der Waals surface area contributed by atoms with Crippen LogP contribution in [0.25, 0.3) is 10.9 Å². The van der Waals surface area contributed by atoms with Crippen LogP contribution in [-0.2, 0) is 6.42 Å². The molecule has 3 aromatic rings. The zero-order valence-electron chi connectivity index (χ0n) is 22.7. The first-order valence-corrected chi connectivity index (χ1v) is 13.8. The number of H-pyrrole nitrogens is 1. The molecule has 0 amide bonds. The lowest BCUT2D eigenvalue weighted by molar-refractivity contribution is -0.0869. The number of benzene rings is 2. The van der Waals surface area contributed by atoms with Crippen LogP contribution in [0.1, 0.15) is 43.1 Å². The van der Waals surface area contributed by atoms with Gasteiger partial charge in [-0.15, -0.1) is 0 Å². The molecule has 11 heteroatoms. The molecule has 6 nitrogen and oxygen atoms in total. The number of aromatic amines is 1. The van der Waals surface area contributed by atoms with Crippen LogP contribution in [0.3, 0.4) is 0 Å². The number of hydrogen-bond acceptors (Lipinski definition) is 5. The molecule has 2 unspecified atom stereocenters. The molecule has 40 heavy (non-hydrogen) atoms. The molecule has 5 rings (SSSR count). The zero-order chi connectivity index (χ0) is 28.6. The van der Waals surface area contributed by atoms with Crippen molar-refractivity contribution in [3.05, 3.63) is 58.8 Å².